The Morgan fingerprint density at radius 3 is 2.72 bits per heavy atom. The topological polar surface area (TPSA) is 135 Å². The van der Waals surface area contributed by atoms with E-state index in [1.807, 2.05) is 6.07 Å². The van der Waals surface area contributed by atoms with Crippen molar-refractivity contribution in [2.75, 3.05) is 9.80 Å². The van der Waals surface area contributed by atoms with Gasteiger partial charge in [-0.15, -0.1) is 0 Å². The molecule has 6 rings (SSSR count). The molecule has 3 amide bonds. The zero-order valence-corrected chi connectivity index (χ0v) is 23.1. The van der Waals surface area contributed by atoms with Crippen LogP contribution in [0.2, 0.25) is 0 Å². The van der Waals surface area contributed by atoms with Crippen LogP contribution in [0.15, 0.2) is 67.0 Å². The molecule has 10 nitrogen and oxygen atoms in total. The summed E-state index contributed by atoms with van der Waals surface area (Å²) in [6, 6.07) is 14.1. The van der Waals surface area contributed by atoms with Gasteiger partial charge in [-0.3, -0.25) is 29.3 Å². The minimum absolute atomic E-state index is 0.0526. The maximum Gasteiger partial charge on any atom is 0.252 e. The van der Waals surface area contributed by atoms with Crippen LogP contribution in [0.1, 0.15) is 48.4 Å². The van der Waals surface area contributed by atoms with E-state index in [2.05, 4.69) is 20.5 Å². The highest BCUT2D eigenvalue weighted by molar-refractivity contribution is 6.13. The highest BCUT2D eigenvalue weighted by Gasteiger charge is 2.48. The maximum atomic E-state index is 14.8. The number of benzene rings is 2. The van der Waals surface area contributed by atoms with Crippen molar-refractivity contribution in [3.05, 3.63) is 83.7 Å². The van der Waals surface area contributed by atoms with Crippen LogP contribution in [0.3, 0.4) is 0 Å². The third-order valence-electron chi connectivity index (χ3n) is 8.00. The Hall–Kier alpha value is -5.18. The second-order valence-corrected chi connectivity index (χ2v) is 10.9. The van der Waals surface area contributed by atoms with Crippen LogP contribution in [-0.2, 0) is 14.4 Å². The average molecular weight is 584 g/mol. The summed E-state index contributed by atoms with van der Waals surface area (Å²) in [6.45, 7) is 1.80. The molecule has 2 aromatic carbocycles. The molecular formula is C31H27F2N7O3. The van der Waals surface area contributed by atoms with E-state index in [1.54, 1.807) is 55.6 Å². The number of rotatable bonds is 7. The lowest BCUT2D eigenvalue weighted by Crippen LogP contribution is -2.56. The van der Waals surface area contributed by atoms with Gasteiger partial charge in [0.25, 0.3) is 11.8 Å². The molecule has 4 aromatic rings. The van der Waals surface area contributed by atoms with Gasteiger partial charge in [-0.1, -0.05) is 30.3 Å². The molecule has 1 saturated heterocycles. The molecule has 218 valence electrons. The number of aromatic amines is 1. The van der Waals surface area contributed by atoms with Gasteiger partial charge in [0.2, 0.25) is 11.8 Å². The van der Waals surface area contributed by atoms with E-state index >= 15 is 0 Å². The molecule has 1 aliphatic carbocycles. The number of nitrogens with one attached hydrogen (secondary N) is 2. The number of aromatic nitrogens is 3. The Balaban J connectivity index is 1.49. The second-order valence-electron chi connectivity index (χ2n) is 10.9. The van der Waals surface area contributed by atoms with Crippen LogP contribution in [0.4, 0.5) is 20.3 Å². The number of fused-ring (bicyclic) bond motifs is 1. The summed E-state index contributed by atoms with van der Waals surface area (Å²) in [4.78, 5) is 49.0. The fourth-order valence-corrected chi connectivity index (χ4v) is 5.87. The van der Waals surface area contributed by atoms with Gasteiger partial charge in [-0.05, 0) is 48.7 Å². The van der Waals surface area contributed by atoms with Crippen molar-refractivity contribution in [2.24, 2.45) is 0 Å². The molecule has 2 atom stereocenters. The van der Waals surface area contributed by atoms with Gasteiger partial charge in [0.05, 0.1) is 29.0 Å². The number of hydrogen-bond acceptors (Lipinski definition) is 6. The molecule has 2 N–H and O–H groups in total. The number of halogens is 2. The van der Waals surface area contributed by atoms with E-state index in [-0.39, 0.29) is 30.1 Å². The lowest BCUT2D eigenvalue weighted by molar-refractivity contribution is -0.133. The van der Waals surface area contributed by atoms with E-state index in [0.29, 0.717) is 27.7 Å². The van der Waals surface area contributed by atoms with Crippen LogP contribution in [0, 0.1) is 18.3 Å². The maximum absolute atomic E-state index is 14.8. The standard InChI is InChI=1S/C31H27F2N7O3/c1-18-5-2-3-6-21(18)28(29(42)37-20-14-31(32,33)15-20)40(24-8-4-7-23-22(24)17-36-38-23)30(43)25-9-10-27(41)39(25)26-13-19(16-34)11-12-35-26/h2-8,11-13,17,20,25,28H,9-10,14-15H2,1H3,(H,36,38)(H,37,42). The van der Waals surface area contributed by atoms with Crippen LogP contribution in [0.5, 0.6) is 0 Å². The van der Waals surface area contributed by atoms with Gasteiger partial charge in [0, 0.05) is 36.9 Å². The van der Waals surface area contributed by atoms with Gasteiger partial charge in [-0.2, -0.15) is 10.4 Å². The zero-order valence-electron chi connectivity index (χ0n) is 23.1. The molecule has 2 unspecified atom stereocenters. The number of anilines is 2. The molecule has 2 aromatic heterocycles. The second kappa shape index (κ2) is 10.9. The van der Waals surface area contributed by atoms with Crippen molar-refractivity contribution >= 4 is 40.1 Å². The summed E-state index contributed by atoms with van der Waals surface area (Å²) in [5.41, 5.74) is 2.45. The van der Waals surface area contributed by atoms with Gasteiger partial charge < -0.3 is 5.32 Å². The minimum Gasteiger partial charge on any atom is -0.351 e. The number of carbonyl (C=O) groups excluding carboxylic acids is 3. The van der Waals surface area contributed by atoms with Gasteiger partial charge in [-0.25, -0.2) is 13.8 Å². The number of amides is 3. The third kappa shape index (κ3) is 5.18. The Kier molecular flexibility index (Phi) is 7.09. The van der Waals surface area contributed by atoms with Crippen LogP contribution >= 0.6 is 0 Å². The van der Waals surface area contributed by atoms with Crippen molar-refractivity contribution in [2.45, 2.75) is 56.7 Å². The SMILES string of the molecule is Cc1ccccc1C(C(=O)NC1CC(F)(F)C1)N(C(=O)C1CCC(=O)N1c1cc(C#N)ccn1)c1cccc2[nH]ncc12. The number of hydrogen-bond donors (Lipinski definition) is 2. The molecule has 1 saturated carbocycles. The molecule has 3 heterocycles. The van der Waals surface area contributed by atoms with E-state index in [1.165, 1.54) is 28.1 Å². The van der Waals surface area contributed by atoms with Gasteiger partial charge >= 0.3 is 0 Å². The van der Waals surface area contributed by atoms with Gasteiger partial charge in [0.1, 0.15) is 17.9 Å². The summed E-state index contributed by atoms with van der Waals surface area (Å²) in [5.74, 6) is -4.25. The van der Waals surface area contributed by atoms with E-state index < -0.39 is 48.7 Å². The highest BCUT2D eigenvalue weighted by atomic mass is 19.3. The average Bonchev–Trinajstić information content (AvgIpc) is 3.62. The smallest absolute Gasteiger partial charge is 0.252 e. The largest absolute Gasteiger partial charge is 0.351 e. The third-order valence-corrected chi connectivity index (χ3v) is 8.00. The monoisotopic (exact) mass is 583 g/mol. The normalized spacial score (nSPS) is 18.6. The molecule has 12 heteroatoms. The highest BCUT2D eigenvalue weighted by Crippen LogP contribution is 2.40. The van der Waals surface area contributed by atoms with Gasteiger partial charge in [0.15, 0.2) is 0 Å². The minimum atomic E-state index is -2.86. The Morgan fingerprint density at radius 1 is 1.19 bits per heavy atom. The Morgan fingerprint density at radius 2 is 1.98 bits per heavy atom. The van der Waals surface area contributed by atoms with Crippen LogP contribution in [-0.4, -0.2) is 50.9 Å². The number of alkyl halides is 2. The Labute approximate surface area is 245 Å². The van der Waals surface area contributed by atoms with Crippen molar-refractivity contribution in [3.8, 4) is 6.07 Å². The fourth-order valence-electron chi connectivity index (χ4n) is 5.87. The molecule has 0 spiro atoms. The first-order valence-corrected chi connectivity index (χ1v) is 13.8. The van der Waals surface area contributed by atoms with E-state index in [4.69, 9.17) is 0 Å². The predicted octanol–water partition coefficient (Wildman–Crippen LogP) is 4.32. The first kappa shape index (κ1) is 28.0. The summed E-state index contributed by atoms with van der Waals surface area (Å²) in [6.07, 6.45) is 2.15. The predicted molar refractivity (Wildman–Crippen MR) is 153 cm³/mol. The fraction of sp³-hybridized carbons (Fsp3) is 0.290. The summed E-state index contributed by atoms with van der Waals surface area (Å²) < 4.78 is 27.5. The number of carbonyl (C=O) groups is 3. The summed E-state index contributed by atoms with van der Waals surface area (Å²) in [7, 11) is 0. The molecule has 1 aliphatic heterocycles. The zero-order chi connectivity index (χ0) is 30.3. The summed E-state index contributed by atoms with van der Waals surface area (Å²) in [5, 5.41) is 19.7. The van der Waals surface area contributed by atoms with Crippen molar-refractivity contribution in [1.82, 2.24) is 20.5 Å². The molecule has 43 heavy (non-hydrogen) atoms. The first-order chi connectivity index (χ1) is 20.7. The quantitative estimate of drug-likeness (QED) is 0.333. The molecule has 0 radical (unpaired) electrons. The van der Waals surface area contributed by atoms with E-state index in [9.17, 15) is 28.4 Å². The molecule has 0 bridgehead atoms. The Bertz CT molecular complexity index is 1770. The van der Waals surface area contributed by atoms with E-state index in [0.717, 1.165) is 0 Å². The number of nitrogens with zero attached hydrogens (tertiary/aromatic N) is 5. The number of nitriles is 1. The molecule has 2 fully saturated rings. The lowest BCUT2D eigenvalue weighted by Gasteiger charge is -2.39. The molecule has 2 aliphatic rings. The van der Waals surface area contributed by atoms with Crippen LogP contribution < -0.4 is 15.1 Å². The number of aryl methyl sites for hydroxylation is 1. The first-order valence-electron chi connectivity index (χ1n) is 13.8. The lowest BCUT2D eigenvalue weighted by atomic mass is 9.87. The van der Waals surface area contributed by atoms with Crippen molar-refractivity contribution in [1.29, 1.82) is 5.26 Å². The van der Waals surface area contributed by atoms with Crippen molar-refractivity contribution < 1.29 is 23.2 Å². The van der Waals surface area contributed by atoms with Crippen LogP contribution in [0.25, 0.3) is 10.9 Å². The summed E-state index contributed by atoms with van der Waals surface area (Å²) >= 11 is 0. The molecular weight excluding hydrogens is 556 g/mol. The number of H-pyrrole nitrogens is 1. The number of pyridine rings is 1. The van der Waals surface area contributed by atoms with Crippen molar-refractivity contribution in [3.63, 3.8) is 0 Å².